The Labute approximate surface area is 143 Å². The fourth-order valence-electron chi connectivity index (χ4n) is 3.11. The second-order valence-corrected chi connectivity index (χ2v) is 5.72. The van der Waals surface area contributed by atoms with E-state index in [0.29, 0.717) is 39.0 Å². The number of nitriles is 2. The Morgan fingerprint density at radius 2 is 1.88 bits per heavy atom. The summed E-state index contributed by atoms with van der Waals surface area (Å²) in [4.78, 5) is 11.2. The number of nitrogens with one attached hydrogen (secondary N) is 1. The van der Waals surface area contributed by atoms with Crippen LogP contribution in [0.2, 0.25) is 0 Å². The average Bonchev–Trinajstić information content (AvgIpc) is 2.91. The number of nitrogens with zero attached hydrogens (tertiary/aromatic N) is 4. The van der Waals surface area contributed by atoms with Gasteiger partial charge < -0.3 is 16.2 Å². The van der Waals surface area contributed by atoms with E-state index in [2.05, 4.69) is 22.6 Å². The molecule has 0 radical (unpaired) electrons. The second-order valence-electron chi connectivity index (χ2n) is 5.72. The van der Waals surface area contributed by atoms with Gasteiger partial charge in [0.25, 0.3) is 0 Å². The van der Waals surface area contributed by atoms with Crippen molar-refractivity contribution >= 4 is 22.8 Å². The van der Waals surface area contributed by atoms with Gasteiger partial charge in [0.2, 0.25) is 0 Å². The van der Waals surface area contributed by atoms with Crippen LogP contribution >= 0.6 is 0 Å². The molecule has 0 spiro atoms. The zero-order chi connectivity index (χ0) is 18.3. The van der Waals surface area contributed by atoms with Crippen molar-refractivity contribution in [2.24, 2.45) is 0 Å². The molecule has 2 aromatic rings. The molecule has 0 unspecified atom stereocenters. The minimum absolute atomic E-state index is 0.0756. The third-order valence-electron chi connectivity index (χ3n) is 4.25. The summed E-state index contributed by atoms with van der Waals surface area (Å²) < 4.78 is 0.801. The van der Waals surface area contributed by atoms with Crippen molar-refractivity contribution in [1.82, 2.24) is 15.1 Å². The zero-order valence-corrected chi connectivity index (χ0v) is 13.5. The molecule has 4 N–H and O–H groups in total. The van der Waals surface area contributed by atoms with Crippen molar-refractivity contribution in [3.63, 3.8) is 0 Å². The molecule has 8 heteroatoms. The van der Waals surface area contributed by atoms with Crippen LogP contribution in [0.3, 0.4) is 0 Å². The Morgan fingerprint density at radius 3 is 2.40 bits per heavy atom. The van der Waals surface area contributed by atoms with E-state index in [1.54, 1.807) is 32.0 Å². The third kappa shape index (κ3) is 2.37. The highest BCUT2D eigenvalue weighted by Crippen LogP contribution is 2.38. The summed E-state index contributed by atoms with van der Waals surface area (Å²) >= 11 is 0. The predicted molar refractivity (Wildman–Crippen MR) is 90.1 cm³/mol. The number of anilines is 1. The summed E-state index contributed by atoms with van der Waals surface area (Å²) in [6.07, 6.45) is -1.24. The number of benzene rings is 1. The molecule has 25 heavy (non-hydrogen) atoms. The van der Waals surface area contributed by atoms with Gasteiger partial charge in [-0.25, -0.2) is 4.79 Å². The van der Waals surface area contributed by atoms with E-state index in [-0.39, 0.29) is 5.82 Å². The number of rotatable bonds is 1. The number of fused-ring (bicyclic) bond motifs is 1. The van der Waals surface area contributed by atoms with E-state index in [1.165, 1.54) is 0 Å². The smallest absolute Gasteiger partial charge is 0.432 e. The summed E-state index contributed by atoms with van der Waals surface area (Å²) in [5.41, 5.74) is 9.10. The lowest BCUT2D eigenvalue weighted by Gasteiger charge is -2.26. The SMILES string of the molecule is CC1=C(C#N)C(c2ccc3c(c2)c(N)nn3C(=O)O)C(C#N)=C(C)N1. The van der Waals surface area contributed by atoms with Gasteiger partial charge in [0, 0.05) is 16.8 Å². The number of aromatic nitrogens is 2. The first-order chi connectivity index (χ1) is 11.9. The van der Waals surface area contributed by atoms with Crippen molar-refractivity contribution in [3.8, 4) is 12.1 Å². The van der Waals surface area contributed by atoms with Gasteiger partial charge in [-0.2, -0.15) is 15.2 Å². The summed E-state index contributed by atoms with van der Waals surface area (Å²) in [6, 6.07) is 9.27. The van der Waals surface area contributed by atoms with Gasteiger partial charge in [-0.15, -0.1) is 5.10 Å². The van der Waals surface area contributed by atoms with Gasteiger partial charge in [0.15, 0.2) is 5.82 Å². The molecule has 3 rings (SSSR count). The number of hydrogen-bond acceptors (Lipinski definition) is 6. The molecule has 0 bridgehead atoms. The standard InChI is InChI=1S/C17H14N6O2/c1-8-12(6-18)15(13(7-19)9(2)21-8)10-3-4-14-11(5-10)16(20)22-23(14)17(24)25/h3-5,15,21H,1-2H3,(H2,20,22)(H,24,25). The van der Waals surface area contributed by atoms with E-state index in [0.717, 1.165) is 4.68 Å². The van der Waals surface area contributed by atoms with Crippen LogP contribution in [0.5, 0.6) is 0 Å². The highest BCUT2D eigenvalue weighted by atomic mass is 16.4. The lowest BCUT2D eigenvalue weighted by molar-refractivity contribution is 0.194. The predicted octanol–water partition coefficient (Wildman–Crippen LogP) is 2.43. The molecule has 0 amide bonds. The lowest BCUT2D eigenvalue weighted by atomic mass is 9.81. The topological polar surface area (TPSA) is 141 Å². The first kappa shape index (κ1) is 16.1. The minimum atomic E-state index is -1.24. The second kappa shape index (κ2) is 5.69. The highest BCUT2D eigenvalue weighted by molar-refractivity contribution is 5.95. The van der Waals surface area contributed by atoms with Gasteiger partial charge in [-0.05, 0) is 31.5 Å². The van der Waals surface area contributed by atoms with E-state index in [1.807, 2.05) is 0 Å². The van der Waals surface area contributed by atoms with Gasteiger partial charge in [-0.3, -0.25) is 0 Å². The maximum atomic E-state index is 11.2. The van der Waals surface area contributed by atoms with Crippen molar-refractivity contribution in [2.75, 3.05) is 5.73 Å². The summed E-state index contributed by atoms with van der Waals surface area (Å²) in [7, 11) is 0. The number of carbonyl (C=O) groups is 1. The fraction of sp³-hybridized carbons (Fsp3) is 0.176. The first-order valence-electron chi connectivity index (χ1n) is 7.39. The Hall–Kier alpha value is -3.78. The van der Waals surface area contributed by atoms with Gasteiger partial charge in [0.1, 0.15) is 0 Å². The van der Waals surface area contributed by atoms with Gasteiger partial charge in [0.05, 0.1) is 34.7 Å². The number of carboxylic acid groups (broad SMARTS) is 1. The van der Waals surface area contributed by atoms with E-state index < -0.39 is 12.0 Å². The molecule has 0 aliphatic carbocycles. The Bertz CT molecular complexity index is 1030. The summed E-state index contributed by atoms with van der Waals surface area (Å²) in [6.45, 7) is 3.55. The summed E-state index contributed by atoms with van der Waals surface area (Å²) in [5, 5.41) is 35.6. The first-order valence-corrected chi connectivity index (χ1v) is 7.39. The maximum Gasteiger partial charge on any atom is 0.432 e. The number of nitrogens with two attached hydrogens (primary N) is 1. The quantitative estimate of drug-likeness (QED) is 0.727. The average molecular weight is 334 g/mol. The molecule has 0 fully saturated rings. The van der Waals surface area contributed by atoms with Crippen LogP contribution in [-0.4, -0.2) is 21.0 Å². The molecule has 0 saturated carbocycles. The molecule has 124 valence electrons. The summed E-state index contributed by atoms with van der Waals surface area (Å²) in [5.74, 6) is -0.458. The monoisotopic (exact) mass is 334 g/mol. The van der Waals surface area contributed by atoms with Crippen LogP contribution in [0.25, 0.3) is 10.9 Å². The Balaban J connectivity index is 2.26. The molecular formula is C17H14N6O2. The van der Waals surface area contributed by atoms with Crippen molar-refractivity contribution in [3.05, 3.63) is 46.3 Å². The molecular weight excluding hydrogens is 320 g/mol. The molecule has 1 aromatic heterocycles. The van der Waals surface area contributed by atoms with Crippen LogP contribution < -0.4 is 11.1 Å². The van der Waals surface area contributed by atoms with Gasteiger partial charge >= 0.3 is 6.09 Å². The van der Waals surface area contributed by atoms with Crippen LogP contribution in [0.4, 0.5) is 10.6 Å². The van der Waals surface area contributed by atoms with Crippen LogP contribution in [0.15, 0.2) is 40.7 Å². The van der Waals surface area contributed by atoms with E-state index in [9.17, 15) is 20.4 Å². The third-order valence-corrected chi connectivity index (χ3v) is 4.25. The molecule has 2 heterocycles. The normalized spacial score (nSPS) is 15.0. The largest absolute Gasteiger partial charge is 0.463 e. The molecule has 1 aromatic carbocycles. The van der Waals surface area contributed by atoms with Crippen LogP contribution in [0.1, 0.15) is 25.3 Å². The van der Waals surface area contributed by atoms with Crippen molar-refractivity contribution in [2.45, 2.75) is 19.8 Å². The molecule has 8 nitrogen and oxygen atoms in total. The molecule has 1 aliphatic rings. The van der Waals surface area contributed by atoms with E-state index in [4.69, 9.17) is 5.73 Å². The fourth-order valence-corrected chi connectivity index (χ4v) is 3.11. The molecule has 1 aliphatic heterocycles. The maximum absolute atomic E-state index is 11.2. The number of dihydropyridines is 1. The Morgan fingerprint density at radius 1 is 1.28 bits per heavy atom. The number of nitrogen functional groups attached to an aromatic ring is 1. The van der Waals surface area contributed by atoms with E-state index >= 15 is 0 Å². The Kier molecular flexibility index (Phi) is 3.66. The van der Waals surface area contributed by atoms with Crippen LogP contribution in [0, 0.1) is 22.7 Å². The molecule has 0 atom stereocenters. The minimum Gasteiger partial charge on any atom is -0.463 e. The number of hydrogen-bond donors (Lipinski definition) is 3. The van der Waals surface area contributed by atoms with Crippen LogP contribution in [-0.2, 0) is 0 Å². The zero-order valence-electron chi connectivity index (χ0n) is 13.5. The highest BCUT2D eigenvalue weighted by Gasteiger charge is 2.30. The molecule has 0 saturated heterocycles. The lowest BCUT2D eigenvalue weighted by Crippen LogP contribution is -2.23. The van der Waals surface area contributed by atoms with Crippen molar-refractivity contribution in [1.29, 1.82) is 10.5 Å². The van der Waals surface area contributed by atoms with Crippen molar-refractivity contribution < 1.29 is 9.90 Å². The van der Waals surface area contributed by atoms with Gasteiger partial charge in [-0.1, -0.05) is 6.07 Å². The number of allylic oxidation sites excluding steroid dienone is 4.